The molecule has 136 valence electrons. The first-order valence-electron chi connectivity index (χ1n) is 8.46. The van der Waals surface area contributed by atoms with Crippen LogP contribution in [0.3, 0.4) is 0 Å². The summed E-state index contributed by atoms with van der Waals surface area (Å²) in [6, 6.07) is 15.4. The zero-order chi connectivity index (χ0) is 18.5. The predicted octanol–water partition coefficient (Wildman–Crippen LogP) is 3.09. The summed E-state index contributed by atoms with van der Waals surface area (Å²) in [6.45, 7) is 0.862. The van der Waals surface area contributed by atoms with Gasteiger partial charge in [0.1, 0.15) is 5.75 Å². The normalized spacial score (nSPS) is 16.6. The number of amides is 2. The highest BCUT2D eigenvalue weighted by Crippen LogP contribution is 2.28. The first kappa shape index (κ1) is 18.3. The predicted molar refractivity (Wildman–Crippen MR) is 104 cm³/mol. The van der Waals surface area contributed by atoms with Crippen molar-refractivity contribution in [2.75, 3.05) is 24.8 Å². The summed E-state index contributed by atoms with van der Waals surface area (Å²) in [5, 5.41) is 2.93. The zero-order valence-corrected chi connectivity index (χ0v) is 15.7. The average molecular weight is 370 g/mol. The minimum atomic E-state index is -0.321. The van der Waals surface area contributed by atoms with Gasteiger partial charge in [-0.05, 0) is 42.2 Å². The van der Waals surface area contributed by atoms with Gasteiger partial charge in [-0.25, -0.2) is 0 Å². The number of carbonyl (C=O) groups excluding carboxylic acids is 2. The van der Waals surface area contributed by atoms with Gasteiger partial charge in [0.2, 0.25) is 11.8 Å². The van der Waals surface area contributed by atoms with E-state index in [9.17, 15) is 9.59 Å². The van der Waals surface area contributed by atoms with E-state index in [-0.39, 0.29) is 24.2 Å². The summed E-state index contributed by atoms with van der Waals surface area (Å²) in [7, 11) is 1.62. The minimum Gasteiger partial charge on any atom is -0.497 e. The summed E-state index contributed by atoms with van der Waals surface area (Å²) < 4.78 is 5.13. The molecule has 2 amide bonds. The number of anilines is 1. The molecule has 0 saturated carbocycles. The molecule has 0 spiro atoms. The molecule has 0 radical (unpaired) electrons. The summed E-state index contributed by atoms with van der Waals surface area (Å²) in [6.07, 6.45) is 2.25. The molecule has 1 atom stereocenters. The van der Waals surface area contributed by atoms with Gasteiger partial charge < -0.3 is 15.0 Å². The number of rotatable bonds is 6. The number of benzene rings is 2. The van der Waals surface area contributed by atoms with Crippen LogP contribution in [0.2, 0.25) is 0 Å². The fourth-order valence-corrected chi connectivity index (χ4v) is 3.44. The molecule has 1 N–H and O–H groups in total. The van der Waals surface area contributed by atoms with E-state index in [1.807, 2.05) is 54.8 Å². The Balaban J connectivity index is 1.59. The number of nitrogens with zero attached hydrogens (tertiary/aromatic N) is 1. The minimum absolute atomic E-state index is 0.00662. The van der Waals surface area contributed by atoms with E-state index >= 15 is 0 Å². The number of hydrogen-bond donors (Lipinski definition) is 1. The zero-order valence-electron chi connectivity index (χ0n) is 14.9. The fraction of sp³-hybridized carbons (Fsp3) is 0.300. The molecular formula is C20H22N2O3S. The fourth-order valence-electron chi connectivity index (χ4n) is 2.99. The molecular weight excluding hydrogens is 348 g/mol. The monoisotopic (exact) mass is 370 g/mol. The summed E-state index contributed by atoms with van der Waals surface area (Å²) in [5.74, 6) is 0.369. The van der Waals surface area contributed by atoms with Gasteiger partial charge in [0.25, 0.3) is 0 Å². The molecule has 1 saturated heterocycles. The Morgan fingerprint density at radius 1 is 1.27 bits per heavy atom. The standard InChI is InChI=1S/C20H22N2O3S/c1-25-17-8-6-14(7-9-17)12-21-20(24)15-10-19(23)22(13-15)16-4-3-5-18(11-16)26-2/h3-9,11,15H,10,12-13H2,1-2H3,(H,21,24). The molecule has 5 nitrogen and oxygen atoms in total. The maximum atomic E-state index is 12.5. The lowest BCUT2D eigenvalue weighted by Gasteiger charge is -2.17. The molecule has 0 aromatic heterocycles. The SMILES string of the molecule is COc1ccc(CNC(=O)C2CC(=O)N(c3cccc(SC)c3)C2)cc1. The Labute approximate surface area is 157 Å². The molecule has 26 heavy (non-hydrogen) atoms. The maximum Gasteiger partial charge on any atom is 0.227 e. The number of carbonyl (C=O) groups is 2. The molecule has 1 aliphatic heterocycles. The van der Waals surface area contributed by atoms with E-state index in [4.69, 9.17) is 4.74 Å². The van der Waals surface area contributed by atoms with Crippen LogP contribution in [0.5, 0.6) is 5.75 Å². The first-order valence-corrected chi connectivity index (χ1v) is 9.68. The number of nitrogens with one attached hydrogen (secondary N) is 1. The second-order valence-electron chi connectivity index (χ2n) is 6.17. The molecule has 0 aliphatic carbocycles. The van der Waals surface area contributed by atoms with Crippen LogP contribution in [0.1, 0.15) is 12.0 Å². The van der Waals surface area contributed by atoms with Crippen molar-refractivity contribution in [3.8, 4) is 5.75 Å². The molecule has 2 aromatic carbocycles. The molecule has 6 heteroatoms. The van der Waals surface area contributed by atoms with Gasteiger partial charge >= 0.3 is 0 Å². The number of thioether (sulfide) groups is 1. The molecule has 3 rings (SSSR count). The van der Waals surface area contributed by atoms with Gasteiger partial charge in [0.05, 0.1) is 13.0 Å². The molecule has 1 unspecified atom stereocenters. The number of methoxy groups -OCH3 is 1. The summed E-state index contributed by atoms with van der Waals surface area (Å²) >= 11 is 1.63. The molecule has 1 fully saturated rings. The van der Waals surface area contributed by atoms with Crippen molar-refractivity contribution in [3.63, 3.8) is 0 Å². The van der Waals surface area contributed by atoms with E-state index in [1.54, 1.807) is 23.8 Å². The maximum absolute atomic E-state index is 12.5. The highest BCUT2D eigenvalue weighted by molar-refractivity contribution is 7.98. The summed E-state index contributed by atoms with van der Waals surface area (Å²) in [5.41, 5.74) is 1.85. The van der Waals surface area contributed by atoms with Crippen molar-refractivity contribution in [1.29, 1.82) is 0 Å². The first-order chi connectivity index (χ1) is 12.6. The third-order valence-corrected chi connectivity index (χ3v) is 5.21. The van der Waals surface area contributed by atoms with Gasteiger partial charge in [-0.15, -0.1) is 11.8 Å². The topological polar surface area (TPSA) is 58.6 Å². The van der Waals surface area contributed by atoms with Gasteiger partial charge in [0, 0.05) is 30.1 Å². The van der Waals surface area contributed by atoms with Crippen molar-refractivity contribution in [1.82, 2.24) is 5.32 Å². The largest absolute Gasteiger partial charge is 0.497 e. The number of hydrogen-bond acceptors (Lipinski definition) is 4. The Morgan fingerprint density at radius 3 is 2.73 bits per heavy atom. The van der Waals surface area contributed by atoms with Gasteiger partial charge in [-0.1, -0.05) is 18.2 Å². The second-order valence-corrected chi connectivity index (χ2v) is 7.05. The molecule has 1 aliphatic rings. The highest BCUT2D eigenvalue weighted by atomic mass is 32.2. The molecule has 1 heterocycles. The van der Waals surface area contributed by atoms with Gasteiger partial charge in [-0.2, -0.15) is 0 Å². The van der Waals surface area contributed by atoms with Crippen LogP contribution in [0.4, 0.5) is 5.69 Å². The Hall–Kier alpha value is -2.47. The van der Waals surface area contributed by atoms with Crippen LogP contribution in [-0.2, 0) is 16.1 Å². The van der Waals surface area contributed by atoms with Crippen molar-refractivity contribution >= 4 is 29.3 Å². The van der Waals surface area contributed by atoms with Crippen molar-refractivity contribution < 1.29 is 14.3 Å². The van der Waals surface area contributed by atoms with E-state index in [1.165, 1.54) is 0 Å². The van der Waals surface area contributed by atoms with Crippen LogP contribution < -0.4 is 15.0 Å². The Bertz CT molecular complexity index is 792. The number of ether oxygens (including phenoxy) is 1. The Morgan fingerprint density at radius 2 is 2.04 bits per heavy atom. The lowest BCUT2D eigenvalue weighted by atomic mass is 10.1. The second kappa shape index (κ2) is 8.27. The lowest BCUT2D eigenvalue weighted by Crippen LogP contribution is -2.32. The van der Waals surface area contributed by atoms with E-state index in [0.29, 0.717) is 13.1 Å². The van der Waals surface area contributed by atoms with Crippen LogP contribution in [0.15, 0.2) is 53.4 Å². The third-order valence-electron chi connectivity index (χ3n) is 4.49. The molecule has 0 bridgehead atoms. The average Bonchev–Trinajstić information content (AvgIpc) is 3.08. The van der Waals surface area contributed by atoms with Crippen LogP contribution in [0, 0.1) is 5.92 Å². The highest BCUT2D eigenvalue weighted by Gasteiger charge is 2.35. The van der Waals surface area contributed by atoms with Crippen LogP contribution >= 0.6 is 11.8 Å². The summed E-state index contributed by atoms with van der Waals surface area (Å²) in [4.78, 5) is 27.6. The quantitative estimate of drug-likeness (QED) is 0.794. The Kier molecular flexibility index (Phi) is 5.83. The lowest BCUT2D eigenvalue weighted by molar-refractivity contribution is -0.126. The van der Waals surface area contributed by atoms with Crippen molar-refractivity contribution in [3.05, 3.63) is 54.1 Å². The van der Waals surface area contributed by atoms with E-state index in [2.05, 4.69) is 5.32 Å². The van der Waals surface area contributed by atoms with Crippen molar-refractivity contribution in [2.45, 2.75) is 17.9 Å². The molecule has 2 aromatic rings. The van der Waals surface area contributed by atoms with Gasteiger partial charge in [-0.3, -0.25) is 9.59 Å². The van der Waals surface area contributed by atoms with Gasteiger partial charge in [0.15, 0.2) is 0 Å². The third kappa shape index (κ3) is 4.19. The van der Waals surface area contributed by atoms with Crippen molar-refractivity contribution in [2.24, 2.45) is 5.92 Å². The van der Waals surface area contributed by atoms with E-state index in [0.717, 1.165) is 21.9 Å². The van der Waals surface area contributed by atoms with E-state index < -0.39 is 0 Å². The smallest absolute Gasteiger partial charge is 0.227 e. The van der Waals surface area contributed by atoms with Crippen LogP contribution in [-0.4, -0.2) is 31.7 Å². The van der Waals surface area contributed by atoms with Crippen LogP contribution in [0.25, 0.3) is 0 Å².